The second-order valence-corrected chi connectivity index (χ2v) is 7.68. The Balaban J connectivity index is 0.00000625. The van der Waals surface area contributed by atoms with Crippen molar-refractivity contribution in [1.29, 1.82) is 0 Å². The van der Waals surface area contributed by atoms with Crippen molar-refractivity contribution in [2.75, 3.05) is 32.4 Å². The fourth-order valence-corrected chi connectivity index (χ4v) is 2.62. The molecule has 0 saturated carbocycles. The normalized spacial score (nSPS) is 11.3. The zero-order valence-corrected chi connectivity index (χ0v) is 19.4. The van der Waals surface area contributed by atoms with Gasteiger partial charge in [0.25, 0.3) is 0 Å². The maximum absolute atomic E-state index is 11.5. The first kappa shape index (κ1) is 24.8. The number of aliphatic imine (C=N–C) groups is 1. The van der Waals surface area contributed by atoms with E-state index in [1.165, 1.54) is 10.5 Å². The van der Waals surface area contributed by atoms with E-state index < -0.39 is 11.7 Å². The Morgan fingerprint density at radius 1 is 1.08 bits per heavy atom. The predicted molar refractivity (Wildman–Crippen MR) is 121 cm³/mol. The summed E-state index contributed by atoms with van der Waals surface area (Å²) in [7, 11) is 1.73. The third-order valence-corrected chi connectivity index (χ3v) is 4.01. The highest BCUT2D eigenvalue weighted by atomic mass is 127. The smallest absolute Gasteiger partial charge is 0.407 e. The minimum atomic E-state index is -0.482. The lowest BCUT2D eigenvalue weighted by atomic mass is 10.2. The van der Waals surface area contributed by atoms with Crippen LogP contribution in [0.25, 0.3) is 0 Å². The Kier molecular flexibility index (Phi) is 12.5. The Bertz CT molecular complexity index is 559. The molecule has 1 rings (SSSR count). The average molecular weight is 494 g/mol. The lowest BCUT2D eigenvalue weighted by Gasteiger charge is -2.19. The molecule has 148 valence electrons. The van der Waals surface area contributed by atoms with E-state index in [1.54, 1.807) is 18.8 Å². The van der Waals surface area contributed by atoms with Crippen molar-refractivity contribution < 1.29 is 9.53 Å². The molecule has 0 bridgehead atoms. The monoisotopic (exact) mass is 494 g/mol. The topological polar surface area (TPSA) is 74.8 Å². The number of nitrogens with zero attached hydrogens (tertiary/aromatic N) is 1. The standard InChI is InChI=1S/C18H30N4O2S.HI/c1-14-6-8-15(9-7-14)25-13-12-21-16(19-5)20-10-11-22-17(23)24-18(2,3)4;/h6-9H,10-13H2,1-5H3,(H,22,23)(H2,19,20,21);1H. The second kappa shape index (κ2) is 13.1. The molecule has 0 aliphatic heterocycles. The van der Waals surface area contributed by atoms with Gasteiger partial charge in [-0.3, -0.25) is 4.99 Å². The van der Waals surface area contributed by atoms with Gasteiger partial charge in [-0.25, -0.2) is 4.79 Å². The Morgan fingerprint density at radius 3 is 2.23 bits per heavy atom. The maximum atomic E-state index is 11.5. The van der Waals surface area contributed by atoms with Crippen LogP contribution in [-0.2, 0) is 4.74 Å². The molecule has 0 aromatic heterocycles. The van der Waals surface area contributed by atoms with Gasteiger partial charge in [0.1, 0.15) is 5.60 Å². The van der Waals surface area contributed by atoms with Crippen LogP contribution in [0.1, 0.15) is 26.3 Å². The van der Waals surface area contributed by atoms with E-state index in [1.807, 2.05) is 20.8 Å². The molecule has 1 amide bonds. The molecule has 1 aromatic carbocycles. The third-order valence-electron chi connectivity index (χ3n) is 2.99. The summed E-state index contributed by atoms with van der Waals surface area (Å²) < 4.78 is 5.17. The molecule has 0 atom stereocenters. The van der Waals surface area contributed by atoms with Crippen LogP contribution < -0.4 is 16.0 Å². The van der Waals surface area contributed by atoms with Crippen LogP contribution in [0.5, 0.6) is 0 Å². The number of nitrogens with one attached hydrogen (secondary N) is 3. The first-order chi connectivity index (χ1) is 11.8. The van der Waals surface area contributed by atoms with Gasteiger partial charge < -0.3 is 20.7 Å². The van der Waals surface area contributed by atoms with Crippen LogP contribution in [0, 0.1) is 6.92 Å². The van der Waals surface area contributed by atoms with Gasteiger partial charge in [-0.05, 0) is 39.8 Å². The summed E-state index contributed by atoms with van der Waals surface area (Å²) >= 11 is 1.80. The molecule has 3 N–H and O–H groups in total. The van der Waals surface area contributed by atoms with Gasteiger partial charge in [0, 0.05) is 37.3 Å². The van der Waals surface area contributed by atoms with Crippen molar-refractivity contribution in [2.45, 2.75) is 38.2 Å². The first-order valence-corrected chi connectivity index (χ1v) is 9.39. The van der Waals surface area contributed by atoms with Gasteiger partial charge in [0.2, 0.25) is 0 Å². The fraction of sp³-hybridized carbons (Fsp3) is 0.556. The number of thioether (sulfide) groups is 1. The molecule has 0 saturated heterocycles. The van der Waals surface area contributed by atoms with Crippen LogP contribution in [0.4, 0.5) is 4.79 Å². The number of halogens is 1. The highest BCUT2D eigenvalue weighted by Gasteiger charge is 2.15. The molecule has 26 heavy (non-hydrogen) atoms. The van der Waals surface area contributed by atoms with Crippen LogP contribution in [0.2, 0.25) is 0 Å². The van der Waals surface area contributed by atoms with Crippen molar-refractivity contribution in [3.05, 3.63) is 29.8 Å². The molecule has 0 unspecified atom stereocenters. The quantitative estimate of drug-likeness (QED) is 0.178. The number of carbonyl (C=O) groups is 1. The highest BCUT2D eigenvalue weighted by Crippen LogP contribution is 2.17. The van der Waals surface area contributed by atoms with Crippen molar-refractivity contribution in [3.8, 4) is 0 Å². The molecule has 0 heterocycles. The SMILES string of the molecule is CN=C(NCCNC(=O)OC(C)(C)C)NCCSc1ccc(C)cc1.I. The van der Waals surface area contributed by atoms with Crippen LogP contribution >= 0.6 is 35.7 Å². The highest BCUT2D eigenvalue weighted by molar-refractivity contribution is 14.0. The van der Waals surface area contributed by atoms with Gasteiger partial charge in [-0.1, -0.05) is 17.7 Å². The lowest BCUT2D eigenvalue weighted by molar-refractivity contribution is 0.0529. The van der Waals surface area contributed by atoms with Gasteiger partial charge in [-0.15, -0.1) is 35.7 Å². The zero-order chi connectivity index (χ0) is 18.7. The molecule has 0 fully saturated rings. The number of hydrogen-bond donors (Lipinski definition) is 3. The Morgan fingerprint density at radius 2 is 1.65 bits per heavy atom. The maximum Gasteiger partial charge on any atom is 0.407 e. The molecule has 6 nitrogen and oxygen atoms in total. The first-order valence-electron chi connectivity index (χ1n) is 8.41. The van der Waals surface area contributed by atoms with Crippen LogP contribution in [0.3, 0.4) is 0 Å². The molecule has 0 spiro atoms. The van der Waals surface area contributed by atoms with E-state index >= 15 is 0 Å². The number of carbonyl (C=O) groups excluding carboxylic acids is 1. The Labute approximate surface area is 178 Å². The molecule has 1 aromatic rings. The molecule has 0 radical (unpaired) electrons. The molecule has 0 aliphatic carbocycles. The number of ether oxygens (including phenoxy) is 1. The minimum absolute atomic E-state index is 0. The number of amides is 1. The summed E-state index contributed by atoms with van der Waals surface area (Å²) in [6, 6.07) is 8.51. The fourth-order valence-electron chi connectivity index (χ4n) is 1.85. The molecular formula is C18H31IN4O2S. The zero-order valence-electron chi connectivity index (χ0n) is 16.2. The largest absolute Gasteiger partial charge is 0.444 e. The third kappa shape index (κ3) is 12.2. The van der Waals surface area contributed by atoms with Crippen LogP contribution in [0.15, 0.2) is 34.2 Å². The summed E-state index contributed by atoms with van der Waals surface area (Å²) in [5.74, 6) is 1.66. The summed E-state index contributed by atoms with van der Waals surface area (Å²) in [6.07, 6.45) is -0.410. The van der Waals surface area contributed by atoms with E-state index in [2.05, 4.69) is 52.1 Å². The van der Waals surface area contributed by atoms with E-state index in [-0.39, 0.29) is 24.0 Å². The van der Waals surface area contributed by atoms with Crippen LogP contribution in [-0.4, -0.2) is 50.1 Å². The summed E-state index contributed by atoms with van der Waals surface area (Å²) in [5, 5.41) is 9.11. The molecule has 8 heteroatoms. The van der Waals surface area contributed by atoms with Gasteiger partial charge in [-0.2, -0.15) is 0 Å². The van der Waals surface area contributed by atoms with Crippen molar-refractivity contribution >= 4 is 47.8 Å². The summed E-state index contributed by atoms with van der Waals surface area (Å²) in [6.45, 7) is 9.44. The summed E-state index contributed by atoms with van der Waals surface area (Å²) in [4.78, 5) is 17.0. The van der Waals surface area contributed by atoms with E-state index in [9.17, 15) is 4.79 Å². The molecular weight excluding hydrogens is 463 g/mol. The van der Waals surface area contributed by atoms with Crippen molar-refractivity contribution in [1.82, 2.24) is 16.0 Å². The van der Waals surface area contributed by atoms with Gasteiger partial charge in [0.05, 0.1) is 0 Å². The van der Waals surface area contributed by atoms with E-state index in [0.29, 0.717) is 13.1 Å². The van der Waals surface area contributed by atoms with Gasteiger partial charge >= 0.3 is 6.09 Å². The van der Waals surface area contributed by atoms with Gasteiger partial charge in [0.15, 0.2) is 5.96 Å². The van der Waals surface area contributed by atoms with E-state index in [0.717, 1.165) is 18.3 Å². The number of benzene rings is 1. The predicted octanol–water partition coefficient (Wildman–Crippen LogP) is 3.39. The van der Waals surface area contributed by atoms with Crippen molar-refractivity contribution in [3.63, 3.8) is 0 Å². The van der Waals surface area contributed by atoms with E-state index in [4.69, 9.17) is 4.74 Å². The van der Waals surface area contributed by atoms with Crippen molar-refractivity contribution in [2.24, 2.45) is 4.99 Å². The minimum Gasteiger partial charge on any atom is -0.444 e. The average Bonchev–Trinajstić information content (AvgIpc) is 2.53. The Hall–Kier alpha value is -1.16. The number of alkyl carbamates (subject to hydrolysis) is 1. The number of guanidine groups is 1. The molecule has 0 aliphatic rings. The second-order valence-electron chi connectivity index (χ2n) is 6.52. The lowest BCUT2D eigenvalue weighted by Crippen LogP contribution is -2.43. The number of hydrogen-bond acceptors (Lipinski definition) is 4. The number of rotatable bonds is 7. The summed E-state index contributed by atoms with van der Waals surface area (Å²) in [5.41, 5.74) is 0.789. The number of aryl methyl sites for hydroxylation is 1.